The maximum atomic E-state index is 4.56. The third-order valence-electron chi connectivity index (χ3n) is 3.60. The summed E-state index contributed by atoms with van der Waals surface area (Å²) >= 11 is 0. The smallest absolute Gasteiger partial charge is 0.231 e. The number of nitrogens with one attached hydrogen (secondary N) is 2. The second kappa shape index (κ2) is 7.26. The van der Waals surface area contributed by atoms with E-state index in [-0.39, 0.29) is 0 Å². The molecule has 20 heavy (non-hydrogen) atoms. The Morgan fingerprint density at radius 1 is 1.15 bits per heavy atom. The number of unbranched alkanes of at least 4 members (excludes halogenated alkanes) is 1. The summed E-state index contributed by atoms with van der Waals surface area (Å²) in [7, 11) is 1.84. The molecule has 1 atom stereocenters. The summed E-state index contributed by atoms with van der Waals surface area (Å²) in [6.45, 7) is 6.46. The third kappa shape index (κ3) is 3.95. The molecule has 0 radical (unpaired) electrons. The Morgan fingerprint density at radius 3 is 2.50 bits per heavy atom. The van der Waals surface area contributed by atoms with E-state index in [4.69, 9.17) is 0 Å². The van der Waals surface area contributed by atoms with Crippen molar-refractivity contribution in [2.45, 2.75) is 52.0 Å². The molecule has 6 nitrogen and oxygen atoms in total. The van der Waals surface area contributed by atoms with Gasteiger partial charge in [-0.25, -0.2) is 0 Å². The van der Waals surface area contributed by atoms with Gasteiger partial charge in [0, 0.05) is 26.2 Å². The van der Waals surface area contributed by atoms with Crippen LogP contribution in [0.25, 0.3) is 0 Å². The van der Waals surface area contributed by atoms with Crippen LogP contribution in [0.1, 0.15) is 46.0 Å². The Hall–Kier alpha value is -1.59. The van der Waals surface area contributed by atoms with Gasteiger partial charge < -0.3 is 15.5 Å². The summed E-state index contributed by atoms with van der Waals surface area (Å²) in [6.07, 6.45) is 6.00. The van der Waals surface area contributed by atoms with E-state index in [1.807, 2.05) is 7.05 Å². The molecule has 1 fully saturated rings. The lowest BCUT2D eigenvalue weighted by atomic mass is 10.1. The van der Waals surface area contributed by atoms with Gasteiger partial charge in [-0.15, -0.1) is 0 Å². The molecule has 0 aromatic carbocycles. The molecule has 2 N–H and O–H groups in total. The van der Waals surface area contributed by atoms with Crippen LogP contribution in [-0.2, 0) is 0 Å². The van der Waals surface area contributed by atoms with Crippen LogP contribution in [-0.4, -0.2) is 41.1 Å². The van der Waals surface area contributed by atoms with Crippen molar-refractivity contribution in [1.82, 2.24) is 15.0 Å². The van der Waals surface area contributed by atoms with Crippen LogP contribution in [0.2, 0.25) is 0 Å². The van der Waals surface area contributed by atoms with Crippen molar-refractivity contribution in [2.24, 2.45) is 0 Å². The molecule has 0 aliphatic carbocycles. The fourth-order valence-electron chi connectivity index (χ4n) is 2.40. The van der Waals surface area contributed by atoms with Gasteiger partial charge in [0.25, 0.3) is 0 Å². The van der Waals surface area contributed by atoms with Crippen LogP contribution in [0.3, 0.4) is 0 Å². The highest BCUT2D eigenvalue weighted by atomic mass is 15.3. The maximum Gasteiger partial charge on any atom is 0.231 e. The highest BCUT2D eigenvalue weighted by Gasteiger charge is 2.17. The van der Waals surface area contributed by atoms with E-state index >= 15 is 0 Å². The zero-order valence-electron chi connectivity index (χ0n) is 12.8. The van der Waals surface area contributed by atoms with Crippen molar-refractivity contribution in [1.29, 1.82) is 0 Å². The fourth-order valence-corrected chi connectivity index (χ4v) is 2.40. The van der Waals surface area contributed by atoms with Gasteiger partial charge in [-0.1, -0.05) is 19.8 Å². The van der Waals surface area contributed by atoms with E-state index in [9.17, 15) is 0 Å². The molecule has 1 aromatic heterocycles. The first kappa shape index (κ1) is 14.8. The Bertz CT molecular complexity index is 416. The summed E-state index contributed by atoms with van der Waals surface area (Å²) in [6, 6.07) is 0.383. The highest BCUT2D eigenvalue weighted by Crippen LogP contribution is 2.19. The lowest BCUT2D eigenvalue weighted by molar-refractivity contribution is 0.640. The summed E-state index contributed by atoms with van der Waals surface area (Å²) in [4.78, 5) is 15.6. The van der Waals surface area contributed by atoms with E-state index in [1.54, 1.807) is 0 Å². The third-order valence-corrected chi connectivity index (χ3v) is 3.60. The van der Waals surface area contributed by atoms with Crippen LogP contribution in [0.15, 0.2) is 0 Å². The summed E-state index contributed by atoms with van der Waals surface area (Å²) in [5.74, 6) is 2.09. The van der Waals surface area contributed by atoms with E-state index in [0.717, 1.165) is 25.5 Å². The lowest BCUT2D eigenvalue weighted by Crippen LogP contribution is -2.23. The molecule has 1 aromatic rings. The molecule has 0 spiro atoms. The Morgan fingerprint density at radius 2 is 1.85 bits per heavy atom. The molecular weight excluding hydrogens is 252 g/mol. The van der Waals surface area contributed by atoms with Crippen LogP contribution in [0, 0.1) is 0 Å². The number of aromatic nitrogens is 3. The Kier molecular flexibility index (Phi) is 5.38. The van der Waals surface area contributed by atoms with Gasteiger partial charge in [0.1, 0.15) is 0 Å². The van der Waals surface area contributed by atoms with Gasteiger partial charge >= 0.3 is 0 Å². The zero-order chi connectivity index (χ0) is 14.4. The number of hydrogen-bond donors (Lipinski definition) is 2. The van der Waals surface area contributed by atoms with Crippen LogP contribution >= 0.6 is 0 Å². The van der Waals surface area contributed by atoms with Gasteiger partial charge in [0.15, 0.2) is 0 Å². The number of rotatable bonds is 7. The molecular formula is C14H26N6. The van der Waals surface area contributed by atoms with Crippen LogP contribution in [0.5, 0.6) is 0 Å². The van der Waals surface area contributed by atoms with E-state index in [0.29, 0.717) is 17.9 Å². The average Bonchev–Trinajstić information content (AvgIpc) is 2.99. The summed E-state index contributed by atoms with van der Waals surface area (Å²) < 4.78 is 0. The molecule has 0 amide bonds. The highest BCUT2D eigenvalue weighted by molar-refractivity contribution is 5.44. The topological polar surface area (TPSA) is 66.0 Å². The second-order valence-electron chi connectivity index (χ2n) is 5.41. The minimum Gasteiger partial charge on any atom is -0.357 e. The van der Waals surface area contributed by atoms with Gasteiger partial charge in [-0.05, 0) is 26.2 Å². The molecule has 1 aliphatic heterocycles. The van der Waals surface area contributed by atoms with Crippen molar-refractivity contribution in [3.63, 3.8) is 0 Å². The first-order chi connectivity index (χ1) is 9.72. The molecule has 1 aliphatic rings. The predicted molar refractivity (Wildman–Crippen MR) is 83.4 cm³/mol. The van der Waals surface area contributed by atoms with Crippen molar-refractivity contribution in [3.05, 3.63) is 0 Å². The van der Waals surface area contributed by atoms with Crippen LogP contribution < -0.4 is 15.5 Å². The average molecular weight is 278 g/mol. The lowest BCUT2D eigenvalue weighted by Gasteiger charge is -2.18. The quantitative estimate of drug-likeness (QED) is 0.799. The molecule has 1 unspecified atom stereocenters. The largest absolute Gasteiger partial charge is 0.357 e. The van der Waals surface area contributed by atoms with Gasteiger partial charge in [-0.3, -0.25) is 0 Å². The molecule has 112 valence electrons. The Balaban J connectivity index is 2.08. The molecule has 2 rings (SSSR count). The number of nitrogens with zero attached hydrogens (tertiary/aromatic N) is 4. The minimum absolute atomic E-state index is 0.383. The van der Waals surface area contributed by atoms with Crippen LogP contribution in [0.4, 0.5) is 17.8 Å². The number of hydrogen-bond acceptors (Lipinski definition) is 6. The van der Waals surface area contributed by atoms with Gasteiger partial charge in [-0.2, -0.15) is 15.0 Å². The molecule has 0 bridgehead atoms. The normalized spacial score (nSPS) is 16.2. The van der Waals surface area contributed by atoms with Crippen molar-refractivity contribution in [3.8, 4) is 0 Å². The zero-order valence-corrected chi connectivity index (χ0v) is 12.8. The summed E-state index contributed by atoms with van der Waals surface area (Å²) in [5.41, 5.74) is 0. The molecule has 6 heteroatoms. The minimum atomic E-state index is 0.383. The van der Waals surface area contributed by atoms with Gasteiger partial charge in [0.05, 0.1) is 0 Å². The van der Waals surface area contributed by atoms with E-state index in [2.05, 4.69) is 44.3 Å². The first-order valence-electron chi connectivity index (χ1n) is 7.68. The standard InChI is InChI=1S/C14H26N6/c1-4-5-8-11(2)16-13-17-12(15-3)18-14(19-13)20-9-6-7-10-20/h11H,4-10H2,1-3H3,(H2,15,16,17,18,19). The first-order valence-corrected chi connectivity index (χ1v) is 7.68. The predicted octanol–water partition coefficient (Wildman–Crippen LogP) is 2.50. The molecule has 0 saturated carbocycles. The number of anilines is 3. The SMILES string of the molecule is CCCCC(C)Nc1nc(NC)nc(N2CCCC2)n1. The van der Waals surface area contributed by atoms with E-state index in [1.165, 1.54) is 25.7 Å². The van der Waals surface area contributed by atoms with E-state index < -0.39 is 0 Å². The fraction of sp³-hybridized carbons (Fsp3) is 0.786. The second-order valence-corrected chi connectivity index (χ2v) is 5.41. The van der Waals surface area contributed by atoms with Gasteiger partial charge in [0.2, 0.25) is 17.8 Å². The molecule has 2 heterocycles. The maximum absolute atomic E-state index is 4.56. The van der Waals surface area contributed by atoms with Crippen molar-refractivity contribution < 1.29 is 0 Å². The van der Waals surface area contributed by atoms with Crippen molar-refractivity contribution in [2.75, 3.05) is 35.7 Å². The Labute approximate surface area is 121 Å². The monoisotopic (exact) mass is 278 g/mol. The molecule has 1 saturated heterocycles. The summed E-state index contributed by atoms with van der Waals surface area (Å²) in [5, 5.41) is 6.41. The van der Waals surface area contributed by atoms with Crippen molar-refractivity contribution >= 4 is 17.8 Å².